The quantitative estimate of drug-likeness (QED) is 0.888. The summed E-state index contributed by atoms with van der Waals surface area (Å²) in [6.07, 6.45) is 5.76. The van der Waals surface area contributed by atoms with E-state index in [2.05, 4.69) is 37.4 Å². The third-order valence-electron chi connectivity index (χ3n) is 4.08. The first-order valence-corrected chi connectivity index (χ1v) is 7.15. The molecule has 1 heterocycles. The van der Waals surface area contributed by atoms with Crippen LogP contribution in [0.5, 0.6) is 0 Å². The predicted molar refractivity (Wildman–Crippen MR) is 77.2 cm³/mol. The largest absolute Gasteiger partial charge is 0.377 e. The second kappa shape index (κ2) is 5.25. The van der Waals surface area contributed by atoms with Crippen molar-refractivity contribution in [3.8, 4) is 0 Å². The molecule has 2 rings (SSSR count). The smallest absolute Gasteiger partial charge is 0.0802 e. The molecule has 0 radical (unpaired) electrons. The molecule has 0 saturated heterocycles. The van der Waals surface area contributed by atoms with Crippen LogP contribution in [0.1, 0.15) is 51.3 Å². The molecule has 1 fully saturated rings. The highest BCUT2D eigenvalue weighted by molar-refractivity contribution is 5.23. The summed E-state index contributed by atoms with van der Waals surface area (Å²) in [7, 11) is 3.81. The van der Waals surface area contributed by atoms with E-state index in [4.69, 9.17) is 4.74 Å². The first kappa shape index (κ1) is 14.5. The van der Waals surface area contributed by atoms with Gasteiger partial charge in [-0.2, -0.15) is 5.10 Å². The fourth-order valence-electron chi connectivity index (χ4n) is 2.75. The second-order valence-electron chi connectivity index (χ2n) is 6.77. The second-order valence-corrected chi connectivity index (χ2v) is 6.77. The van der Waals surface area contributed by atoms with Gasteiger partial charge in [0.1, 0.15) is 0 Å². The highest BCUT2D eigenvalue weighted by Gasteiger charge is 2.36. The Kier molecular flexibility index (Phi) is 4.02. The Balaban J connectivity index is 1.96. The van der Waals surface area contributed by atoms with E-state index in [9.17, 15) is 0 Å². The topological polar surface area (TPSA) is 39.1 Å². The van der Waals surface area contributed by atoms with Crippen LogP contribution in [0, 0.1) is 0 Å². The molecule has 1 aliphatic rings. The summed E-state index contributed by atoms with van der Waals surface area (Å²) in [5.41, 5.74) is 2.65. The molecule has 19 heavy (non-hydrogen) atoms. The highest BCUT2D eigenvalue weighted by Crippen LogP contribution is 2.34. The molecule has 1 aliphatic carbocycles. The molecule has 0 atom stereocenters. The number of aromatic nitrogens is 2. The van der Waals surface area contributed by atoms with Gasteiger partial charge in [-0.3, -0.25) is 4.68 Å². The Morgan fingerprint density at radius 1 is 1.42 bits per heavy atom. The summed E-state index contributed by atoms with van der Waals surface area (Å²) >= 11 is 0. The summed E-state index contributed by atoms with van der Waals surface area (Å²) in [6, 6.07) is 0. The van der Waals surface area contributed by atoms with E-state index in [0.29, 0.717) is 0 Å². The zero-order chi connectivity index (χ0) is 14.1. The number of ether oxygens (including phenoxy) is 1. The van der Waals surface area contributed by atoms with Crippen molar-refractivity contribution < 1.29 is 4.74 Å². The van der Waals surface area contributed by atoms with E-state index < -0.39 is 0 Å². The Morgan fingerprint density at radius 2 is 2.11 bits per heavy atom. The van der Waals surface area contributed by atoms with E-state index >= 15 is 0 Å². The average Bonchev–Trinajstić information content (AvgIpc) is 2.63. The van der Waals surface area contributed by atoms with Crippen LogP contribution in [0.4, 0.5) is 0 Å². The van der Waals surface area contributed by atoms with Crippen LogP contribution in [0.2, 0.25) is 0 Å². The normalized spacial score (nSPS) is 18.4. The molecule has 1 aromatic heterocycles. The van der Waals surface area contributed by atoms with Crippen molar-refractivity contribution >= 4 is 0 Å². The molecule has 0 aromatic carbocycles. The molecule has 0 spiro atoms. The number of methoxy groups -OCH3 is 1. The van der Waals surface area contributed by atoms with Gasteiger partial charge < -0.3 is 10.1 Å². The van der Waals surface area contributed by atoms with Gasteiger partial charge in [0.05, 0.1) is 11.3 Å². The van der Waals surface area contributed by atoms with Gasteiger partial charge in [0.15, 0.2) is 0 Å². The van der Waals surface area contributed by atoms with Crippen LogP contribution < -0.4 is 5.32 Å². The molecule has 0 amide bonds. The van der Waals surface area contributed by atoms with Gasteiger partial charge in [0.2, 0.25) is 0 Å². The molecule has 1 N–H and O–H groups in total. The minimum atomic E-state index is 0.0874. The highest BCUT2D eigenvalue weighted by atomic mass is 16.5. The van der Waals surface area contributed by atoms with E-state index in [1.807, 2.05) is 18.8 Å². The van der Waals surface area contributed by atoms with Crippen molar-refractivity contribution in [2.45, 2.75) is 57.6 Å². The van der Waals surface area contributed by atoms with Gasteiger partial charge in [-0.05, 0) is 19.3 Å². The van der Waals surface area contributed by atoms with Crippen molar-refractivity contribution in [1.82, 2.24) is 15.1 Å². The Bertz CT molecular complexity index is 422. The Morgan fingerprint density at radius 3 is 2.58 bits per heavy atom. The number of hydrogen-bond donors (Lipinski definition) is 1. The maximum absolute atomic E-state index is 5.63. The van der Waals surface area contributed by atoms with Gasteiger partial charge in [-0.15, -0.1) is 0 Å². The van der Waals surface area contributed by atoms with Crippen LogP contribution in [-0.2, 0) is 23.7 Å². The minimum Gasteiger partial charge on any atom is -0.377 e. The maximum Gasteiger partial charge on any atom is 0.0802 e. The first-order valence-electron chi connectivity index (χ1n) is 7.15. The Labute approximate surface area is 116 Å². The van der Waals surface area contributed by atoms with E-state index in [0.717, 1.165) is 13.1 Å². The van der Waals surface area contributed by atoms with Crippen LogP contribution in [0.25, 0.3) is 0 Å². The van der Waals surface area contributed by atoms with E-state index in [-0.39, 0.29) is 11.0 Å². The van der Waals surface area contributed by atoms with Crippen LogP contribution in [-0.4, -0.2) is 29.0 Å². The van der Waals surface area contributed by atoms with Crippen LogP contribution in [0.3, 0.4) is 0 Å². The maximum atomic E-state index is 5.63. The van der Waals surface area contributed by atoms with E-state index in [1.54, 1.807) is 0 Å². The monoisotopic (exact) mass is 265 g/mol. The van der Waals surface area contributed by atoms with Crippen molar-refractivity contribution in [1.29, 1.82) is 0 Å². The lowest BCUT2D eigenvalue weighted by Crippen LogP contribution is -2.47. The number of nitrogens with zero attached hydrogens (tertiary/aromatic N) is 2. The summed E-state index contributed by atoms with van der Waals surface area (Å²) < 4.78 is 7.54. The standard InChI is InChI=1S/C15H27N3O/c1-14(2,3)13-12(10-18(4)17-13)9-16-11-15(19-5)7-6-8-15/h10,16H,6-9,11H2,1-5H3. The first-order chi connectivity index (χ1) is 8.86. The number of rotatable bonds is 5. The number of hydrogen-bond acceptors (Lipinski definition) is 3. The summed E-state index contributed by atoms with van der Waals surface area (Å²) in [5.74, 6) is 0. The summed E-state index contributed by atoms with van der Waals surface area (Å²) in [4.78, 5) is 0. The van der Waals surface area contributed by atoms with E-state index in [1.165, 1.54) is 30.5 Å². The molecule has 4 heteroatoms. The lowest BCUT2D eigenvalue weighted by atomic mass is 9.80. The average molecular weight is 265 g/mol. The zero-order valence-corrected chi connectivity index (χ0v) is 12.9. The van der Waals surface area contributed by atoms with Crippen molar-refractivity contribution in [2.75, 3.05) is 13.7 Å². The molecule has 0 bridgehead atoms. The molecule has 108 valence electrons. The molecule has 0 aliphatic heterocycles. The van der Waals surface area contributed by atoms with Gasteiger partial charge in [0, 0.05) is 44.4 Å². The zero-order valence-electron chi connectivity index (χ0n) is 12.9. The van der Waals surface area contributed by atoms with Crippen molar-refractivity contribution in [3.05, 3.63) is 17.5 Å². The lowest BCUT2D eigenvalue weighted by molar-refractivity contribution is -0.0695. The SMILES string of the molecule is COC1(CNCc2cn(C)nc2C(C)(C)C)CCC1. The fraction of sp³-hybridized carbons (Fsp3) is 0.800. The minimum absolute atomic E-state index is 0.0874. The molecule has 1 aromatic rings. The van der Waals surface area contributed by atoms with Crippen LogP contribution >= 0.6 is 0 Å². The lowest BCUT2D eigenvalue weighted by Gasteiger charge is -2.40. The third-order valence-corrected chi connectivity index (χ3v) is 4.08. The molecular formula is C15H27N3O. The van der Waals surface area contributed by atoms with Crippen molar-refractivity contribution in [2.24, 2.45) is 7.05 Å². The summed E-state index contributed by atoms with van der Waals surface area (Å²) in [5, 5.41) is 8.14. The fourth-order valence-corrected chi connectivity index (χ4v) is 2.75. The van der Waals surface area contributed by atoms with Gasteiger partial charge in [0.25, 0.3) is 0 Å². The number of nitrogens with one attached hydrogen (secondary N) is 1. The van der Waals surface area contributed by atoms with Crippen LogP contribution in [0.15, 0.2) is 6.20 Å². The molecular weight excluding hydrogens is 238 g/mol. The van der Waals surface area contributed by atoms with Crippen molar-refractivity contribution in [3.63, 3.8) is 0 Å². The molecule has 4 nitrogen and oxygen atoms in total. The van der Waals surface area contributed by atoms with Gasteiger partial charge in [-0.1, -0.05) is 20.8 Å². The Hall–Kier alpha value is -0.870. The molecule has 1 saturated carbocycles. The molecule has 0 unspecified atom stereocenters. The predicted octanol–water partition coefficient (Wildman–Crippen LogP) is 2.38. The summed E-state index contributed by atoms with van der Waals surface area (Å²) in [6.45, 7) is 8.43. The third kappa shape index (κ3) is 3.18. The van der Waals surface area contributed by atoms with Gasteiger partial charge in [-0.25, -0.2) is 0 Å². The number of aryl methyl sites for hydroxylation is 1. The van der Waals surface area contributed by atoms with Gasteiger partial charge >= 0.3 is 0 Å².